The lowest BCUT2D eigenvalue weighted by atomic mass is 9.95. The molecule has 94 valence electrons. The quantitative estimate of drug-likeness (QED) is 0.864. The Kier molecular flexibility index (Phi) is 3.85. The Labute approximate surface area is 105 Å². The predicted molar refractivity (Wildman–Crippen MR) is 72.9 cm³/mol. The molecule has 2 N–H and O–H groups in total. The Morgan fingerprint density at radius 3 is 2.12 bits per heavy atom. The van der Waals surface area contributed by atoms with Crippen LogP contribution in [0.4, 0.5) is 0 Å². The topological polar surface area (TPSA) is 29.3 Å². The molecule has 1 heterocycles. The molecule has 1 aromatic carbocycles. The van der Waals surface area contributed by atoms with Gasteiger partial charge >= 0.3 is 0 Å². The van der Waals surface area contributed by atoms with Gasteiger partial charge in [-0.2, -0.15) is 0 Å². The van der Waals surface area contributed by atoms with Crippen LogP contribution in [0.2, 0.25) is 0 Å². The van der Waals surface area contributed by atoms with Crippen LogP contribution in [0, 0.1) is 0 Å². The van der Waals surface area contributed by atoms with Crippen LogP contribution in [0.5, 0.6) is 0 Å². The Balaban J connectivity index is 1.93. The van der Waals surface area contributed by atoms with Crippen LogP contribution >= 0.6 is 0 Å². The highest BCUT2D eigenvalue weighted by Gasteiger charge is 2.13. The number of rotatable bonds is 4. The molecule has 0 amide bonds. The van der Waals surface area contributed by atoms with E-state index in [4.69, 9.17) is 5.73 Å². The Morgan fingerprint density at radius 1 is 1.06 bits per heavy atom. The van der Waals surface area contributed by atoms with Gasteiger partial charge in [-0.1, -0.05) is 24.3 Å². The molecular formula is C15H24N2. The highest BCUT2D eigenvalue weighted by Crippen LogP contribution is 2.15. The fourth-order valence-electron chi connectivity index (χ4n) is 2.49. The predicted octanol–water partition coefficient (Wildman–Crippen LogP) is 2.56. The molecule has 1 fully saturated rings. The van der Waals surface area contributed by atoms with Gasteiger partial charge < -0.3 is 5.73 Å². The van der Waals surface area contributed by atoms with Crippen molar-refractivity contribution in [2.75, 3.05) is 13.1 Å². The third-order valence-corrected chi connectivity index (χ3v) is 3.29. The summed E-state index contributed by atoms with van der Waals surface area (Å²) in [4.78, 5) is 2.53. The first-order chi connectivity index (χ1) is 8.03. The zero-order valence-electron chi connectivity index (χ0n) is 11.1. The third-order valence-electron chi connectivity index (χ3n) is 3.29. The van der Waals surface area contributed by atoms with E-state index in [1.165, 1.54) is 37.1 Å². The molecule has 2 nitrogen and oxygen atoms in total. The zero-order chi connectivity index (χ0) is 12.3. The van der Waals surface area contributed by atoms with Crippen molar-refractivity contribution in [3.05, 3.63) is 35.4 Å². The van der Waals surface area contributed by atoms with Crippen molar-refractivity contribution in [3.63, 3.8) is 0 Å². The van der Waals surface area contributed by atoms with Gasteiger partial charge in [-0.15, -0.1) is 0 Å². The van der Waals surface area contributed by atoms with Crippen LogP contribution in [-0.4, -0.2) is 23.5 Å². The molecule has 1 saturated heterocycles. The molecule has 0 saturated carbocycles. The summed E-state index contributed by atoms with van der Waals surface area (Å²) in [7, 11) is 0. The summed E-state index contributed by atoms with van der Waals surface area (Å²) < 4.78 is 0. The molecule has 0 atom stereocenters. The lowest BCUT2D eigenvalue weighted by Crippen LogP contribution is -2.34. The first-order valence-corrected chi connectivity index (χ1v) is 6.62. The smallest absolute Gasteiger partial charge is 0.0233 e. The van der Waals surface area contributed by atoms with Gasteiger partial charge in [-0.25, -0.2) is 0 Å². The van der Waals surface area contributed by atoms with Gasteiger partial charge in [0, 0.05) is 12.1 Å². The summed E-state index contributed by atoms with van der Waals surface area (Å²) >= 11 is 0. The number of hydrogen-bond acceptors (Lipinski definition) is 2. The van der Waals surface area contributed by atoms with E-state index in [2.05, 4.69) is 43.0 Å². The SMILES string of the molecule is CC(C)(N)Cc1ccc(CN2CCCC2)cc1. The monoisotopic (exact) mass is 232 g/mol. The standard InChI is InChI=1S/C15H24N2/c1-15(2,16)11-13-5-7-14(8-6-13)12-17-9-3-4-10-17/h5-8H,3-4,9-12,16H2,1-2H3. The van der Waals surface area contributed by atoms with Crippen molar-refractivity contribution in [2.45, 2.75) is 45.2 Å². The lowest BCUT2D eigenvalue weighted by Gasteiger charge is -2.19. The van der Waals surface area contributed by atoms with Gasteiger partial charge in [-0.3, -0.25) is 4.90 Å². The maximum Gasteiger partial charge on any atom is 0.0233 e. The molecule has 1 aliphatic rings. The average molecular weight is 232 g/mol. The van der Waals surface area contributed by atoms with Crippen molar-refractivity contribution in [2.24, 2.45) is 5.73 Å². The molecule has 0 unspecified atom stereocenters. The van der Waals surface area contributed by atoms with Gasteiger partial charge in [0.2, 0.25) is 0 Å². The Hall–Kier alpha value is -0.860. The fourth-order valence-corrected chi connectivity index (χ4v) is 2.49. The molecule has 0 spiro atoms. The van der Waals surface area contributed by atoms with Gasteiger partial charge in [0.1, 0.15) is 0 Å². The van der Waals surface area contributed by atoms with E-state index in [1.54, 1.807) is 0 Å². The summed E-state index contributed by atoms with van der Waals surface area (Å²) in [6, 6.07) is 8.94. The summed E-state index contributed by atoms with van der Waals surface area (Å²) in [5, 5.41) is 0. The molecule has 1 aromatic rings. The van der Waals surface area contributed by atoms with Crippen LogP contribution in [-0.2, 0) is 13.0 Å². The van der Waals surface area contributed by atoms with E-state index >= 15 is 0 Å². The maximum atomic E-state index is 6.03. The summed E-state index contributed by atoms with van der Waals surface area (Å²) in [6.45, 7) is 7.78. The normalized spacial score (nSPS) is 17.6. The van der Waals surface area contributed by atoms with E-state index in [-0.39, 0.29) is 5.54 Å². The van der Waals surface area contributed by atoms with Crippen LogP contribution in [0.15, 0.2) is 24.3 Å². The second-order valence-corrected chi connectivity index (χ2v) is 5.97. The van der Waals surface area contributed by atoms with Crippen LogP contribution < -0.4 is 5.73 Å². The second kappa shape index (κ2) is 5.19. The number of hydrogen-bond donors (Lipinski definition) is 1. The lowest BCUT2D eigenvalue weighted by molar-refractivity contribution is 0.331. The molecular weight excluding hydrogens is 208 g/mol. The molecule has 0 aliphatic carbocycles. The minimum atomic E-state index is -0.115. The van der Waals surface area contributed by atoms with E-state index in [0.29, 0.717) is 0 Å². The van der Waals surface area contributed by atoms with E-state index in [9.17, 15) is 0 Å². The highest BCUT2D eigenvalue weighted by atomic mass is 15.1. The molecule has 2 rings (SSSR count). The molecule has 1 aliphatic heterocycles. The minimum Gasteiger partial charge on any atom is -0.325 e. The second-order valence-electron chi connectivity index (χ2n) is 5.97. The average Bonchev–Trinajstić information content (AvgIpc) is 2.71. The van der Waals surface area contributed by atoms with E-state index in [0.717, 1.165) is 13.0 Å². The summed E-state index contributed by atoms with van der Waals surface area (Å²) in [6.07, 6.45) is 3.66. The van der Waals surface area contributed by atoms with Crippen LogP contribution in [0.1, 0.15) is 37.8 Å². The van der Waals surface area contributed by atoms with E-state index in [1.807, 2.05) is 0 Å². The first kappa shape index (κ1) is 12.6. The molecule has 0 radical (unpaired) electrons. The third kappa shape index (κ3) is 4.14. The highest BCUT2D eigenvalue weighted by molar-refractivity contribution is 5.24. The van der Waals surface area contributed by atoms with Crippen molar-refractivity contribution >= 4 is 0 Å². The van der Waals surface area contributed by atoms with Gasteiger partial charge in [0.15, 0.2) is 0 Å². The fraction of sp³-hybridized carbons (Fsp3) is 0.600. The van der Waals surface area contributed by atoms with Crippen molar-refractivity contribution < 1.29 is 0 Å². The number of likely N-dealkylation sites (tertiary alicyclic amines) is 1. The molecule has 0 bridgehead atoms. The minimum absolute atomic E-state index is 0.115. The molecule has 0 aromatic heterocycles. The van der Waals surface area contributed by atoms with Crippen molar-refractivity contribution in [1.82, 2.24) is 4.90 Å². The zero-order valence-corrected chi connectivity index (χ0v) is 11.1. The largest absolute Gasteiger partial charge is 0.325 e. The van der Waals surface area contributed by atoms with E-state index < -0.39 is 0 Å². The Morgan fingerprint density at radius 2 is 1.59 bits per heavy atom. The van der Waals surface area contributed by atoms with Gasteiger partial charge in [-0.05, 0) is 57.3 Å². The number of nitrogens with two attached hydrogens (primary N) is 1. The summed E-state index contributed by atoms with van der Waals surface area (Å²) in [5.41, 5.74) is 8.67. The molecule has 17 heavy (non-hydrogen) atoms. The van der Waals surface area contributed by atoms with Gasteiger partial charge in [0.05, 0.1) is 0 Å². The van der Waals surface area contributed by atoms with Crippen LogP contribution in [0.3, 0.4) is 0 Å². The van der Waals surface area contributed by atoms with Crippen molar-refractivity contribution in [3.8, 4) is 0 Å². The Bertz CT molecular complexity index is 342. The number of benzene rings is 1. The van der Waals surface area contributed by atoms with Gasteiger partial charge in [0.25, 0.3) is 0 Å². The molecule has 2 heteroatoms. The first-order valence-electron chi connectivity index (χ1n) is 6.62. The number of nitrogens with zero attached hydrogens (tertiary/aromatic N) is 1. The summed E-state index contributed by atoms with van der Waals surface area (Å²) in [5.74, 6) is 0. The van der Waals surface area contributed by atoms with Crippen molar-refractivity contribution in [1.29, 1.82) is 0 Å². The van der Waals surface area contributed by atoms with Crippen LogP contribution in [0.25, 0.3) is 0 Å². The maximum absolute atomic E-state index is 6.03.